The lowest BCUT2D eigenvalue weighted by molar-refractivity contribution is -0.135. The molecule has 1 amide bonds. The SMILES string of the molecule is CCS(=O)CCN1CCCC(NC(C)C)C1=O. The van der Waals surface area contributed by atoms with Gasteiger partial charge in [-0.2, -0.15) is 0 Å². The van der Waals surface area contributed by atoms with E-state index in [0.717, 1.165) is 19.4 Å². The van der Waals surface area contributed by atoms with E-state index in [4.69, 9.17) is 0 Å². The van der Waals surface area contributed by atoms with Gasteiger partial charge < -0.3 is 10.2 Å². The number of hydrogen-bond acceptors (Lipinski definition) is 3. The normalized spacial score (nSPS) is 23.2. The second-order valence-corrected chi connectivity index (χ2v) is 6.64. The van der Waals surface area contributed by atoms with E-state index in [1.54, 1.807) is 0 Å². The molecule has 1 aliphatic heterocycles. The third kappa shape index (κ3) is 4.76. The molecule has 17 heavy (non-hydrogen) atoms. The number of likely N-dealkylation sites (tertiary alicyclic amines) is 1. The number of carbonyl (C=O) groups is 1. The van der Waals surface area contributed by atoms with Gasteiger partial charge in [-0.1, -0.05) is 20.8 Å². The van der Waals surface area contributed by atoms with Crippen molar-refractivity contribution in [3.05, 3.63) is 0 Å². The summed E-state index contributed by atoms with van der Waals surface area (Å²) in [5.74, 6) is 1.46. The van der Waals surface area contributed by atoms with Crippen LogP contribution in [0.2, 0.25) is 0 Å². The summed E-state index contributed by atoms with van der Waals surface area (Å²) in [6.45, 7) is 7.47. The molecule has 0 radical (unpaired) electrons. The summed E-state index contributed by atoms with van der Waals surface area (Å²) >= 11 is 0. The van der Waals surface area contributed by atoms with Gasteiger partial charge in [-0.15, -0.1) is 0 Å². The Labute approximate surface area is 107 Å². The third-order valence-corrected chi connectivity index (χ3v) is 4.26. The summed E-state index contributed by atoms with van der Waals surface area (Å²) in [4.78, 5) is 14.0. The Bertz CT molecular complexity index is 282. The molecule has 1 rings (SSSR count). The Morgan fingerprint density at radius 1 is 1.53 bits per heavy atom. The lowest BCUT2D eigenvalue weighted by atomic mass is 10.0. The van der Waals surface area contributed by atoms with E-state index in [1.165, 1.54) is 0 Å². The monoisotopic (exact) mass is 260 g/mol. The zero-order valence-corrected chi connectivity index (χ0v) is 11.9. The van der Waals surface area contributed by atoms with Crippen LogP contribution in [-0.4, -0.2) is 51.7 Å². The van der Waals surface area contributed by atoms with Crippen molar-refractivity contribution in [3.8, 4) is 0 Å². The fourth-order valence-electron chi connectivity index (χ4n) is 2.08. The van der Waals surface area contributed by atoms with E-state index in [1.807, 2.05) is 11.8 Å². The fraction of sp³-hybridized carbons (Fsp3) is 0.917. The number of rotatable bonds is 6. The summed E-state index contributed by atoms with van der Waals surface area (Å²) in [7, 11) is -0.780. The summed E-state index contributed by atoms with van der Waals surface area (Å²) in [5, 5.41) is 3.30. The first-order chi connectivity index (χ1) is 8.04. The standard InChI is InChI=1S/C12H24N2O2S/c1-4-17(16)9-8-14-7-5-6-11(12(14)15)13-10(2)3/h10-11,13H,4-9H2,1-3H3. The van der Waals surface area contributed by atoms with E-state index in [-0.39, 0.29) is 11.9 Å². The predicted molar refractivity (Wildman–Crippen MR) is 71.4 cm³/mol. The van der Waals surface area contributed by atoms with Gasteiger partial charge in [0.1, 0.15) is 0 Å². The van der Waals surface area contributed by atoms with Crippen molar-refractivity contribution in [3.63, 3.8) is 0 Å². The number of nitrogens with zero attached hydrogens (tertiary/aromatic N) is 1. The minimum atomic E-state index is -0.780. The molecular weight excluding hydrogens is 236 g/mol. The highest BCUT2D eigenvalue weighted by Crippen LogP contribution is 2.12. The van der Waals surface area contributed by atoms with Crippen LogP contribution in [0.4, 0.5) is 0 Å². The van der Waals surface area contributed by atoms with Crippen LogP contribution in [0.5, 0.6) is 0 Å². The molecule has 1 saturated heterocycles. The molecule has 1 N–H and O–H groups in total. The molecule has 0 bridgehead atoms. The van der Waals surface area contributed by atoms with Crippen LogP contribution in [0.25, 0.3) is 0 Å². The predicted octanol–water partition coefficient (Wildman–Crippen LogP) is 0.744. The molecule has 1 aliphatic rings. The number of piperidine rings is 1. The topological polar surface area (TPSA) is 49.4 Å². The van der Waals surface area contributed by atoms with Crippen LogP contribution in [0.15, 0.2) is 0 Å². The van der Waals surface area contributed by atoms with E-state index >= 15 is 0 Å². The Morgan fingerprint density at radius 3 is 2.82 bits per heavy atom. The molecule has 2 unspecified atom stereocenters. The van der Waals surface area contributed by atoms with Gasteiger partial charge in [0.2, 0.25) is 5.91 Å². The number of amides is 1. The molecule has 0 aromatic rings. The molecule has 1 fully saturated rings. The second-order valence-electron chi connectivity index (χ2n) is 4.77. The van der Waals surface area contributed by atoms with E-state index in [9.17, 15) is 9.00 Å². The maximum Gasteiger partial charge on any atom is 0.239 e. The van der Waals surface area contributed by atoms with Crippen molar-refractivity contribution in [2.24, 2.45) is 0 Å². The first kappa shape index (κ1) is 14.6. The average molecular weight is 260 g/mol. The van der Waals surface area contributed by atoms with Gasteiger partial charge in [0.05, 0.1) is 6.04 Å². The third-order valence-electron chi connectivity index (χ3n) is 2.98. The van der Waals surface area contributed by atoms with Crippen molar-refractivity contribution in [2.75, 3.05) is 24.6 Å². The minimum Gasteiger partial charge on any atom is -0.340 e. The fourth-order valence-corrected chi connectivity index (χ4v) is 2.79. The highest BCUT2D eigenvalue weighted by molar-refractivity contribution is 7.84. The zero-order valence-electron chi connectivity index (χ0n) is 11.1. The molecule has 5 heteroatoms. The Kier molecular flexibility index (Phi) is 6.12. The Morgan fingerprint density at radius 2 is 2.24 bits per heavy atom. The number of hydrogen-bond donors (Lipinski definition) is 1. The molecule has 0 aromatic heterocycles. The molecule has 0 aliphatic carbocycles. The van der Waals surface area contributed by atoms with Gasteiger partial charge in [-0.05, 0) is 12.8 Å². The summed E-state index contributed by atoms with van der Waals surface area (Å²) < 4.78 is 11.4. The van der Waals surface area contributed by atoms with Crippen molar-refractivity contribution in [2.45, 2.75) is 45.7 Å². The maximum atomic E-state index is 12.1. The Hall–Kier alpha value is -0.420. The van der Waals surface area contributed by atoms with Crippen molar-refractivity contribution >= 4 is 16.7 Å². The van der Waals surface area contributed by atoms with E-state index < -0.39 is 10.8 Å². The molecular formula is C12H24N2O2S. The van der Waals surface area contributed by atoms with Crippen LogP contribution in [0.1, 0.15) is 33.6 Å². The molecule has 2 atom stereocenters. The lowest BCUT2D eigenvalue weighted by Gasteiger charge is -2.33. The zero-order chi connectivity index (χ0) is 12.8. The van der Waals surface area contributed by atoms with Crippen LogP contribution < -0.4 is 5.32 Å². The molecule has 4 nitrogen and oxygen atoms in total. The van der Waals surface area contributed by atoms with Crippen molar-refractivity contribution in [1.29, 1.82) is 0 Å². The Balaban J connectivity index is 2.44. The van der Waals surface area contributed by atoms with Gasteiger partial charge in [-0.3, -0.25) is 9.00 Å². The van der Waals surface area contributed by atoms with Gasteiger partial charge in [0, 0.05) is 41.4 Å². The second kappa shape index (κ2) is 7.11. The smallest absolute Gasteiger partial charge is 0.239 e. The molecule has 1 heterocycles. The van der Waals surface area contributed by atoms with Gasteiger partial charge in [0.15, 0.2) is 0 Å². The first-order valence-electron chi connectivity index (χ1n) is 6.44. The van der Waals surface area contributed by atoms with Crippen molar-refractivity contribution in [1.82, 2.24) is 10.2 Å². The summed E-state index contributed by atoms with van der Waals surface area (Å²) in [5.41, 5.74) is 0. The minimum absolute atomic E-state index is 0.0428. The molecule has 0 aromatic carbocycles. The van der Waals surface area contributed by atoms with Crippen LogP contribution in [-0.2, 0) is 15.6 Å². The maximum absolute atomic E-state index is 12.1. The highest BCUT2D eigenvalue weighted by atomic mass is 32.2. The van der Waals surface area contributed by atoms with Gasteiger partial charge in [-0.25, -0.2) is 0 Å². The molecule has 0 saturated carbocycles. The van der Waals surface area contributed by atoms with Gasteiger partial charge >= 0.3 is 0 Å². The van der Waals surface area contributed by atoms with Crippen LogP contribution in [0.3, 0.4) is 0 Å². The summed E-state index contributed by atoms with van der Waals surface area (Å²) in [6, 6.07) is 0.285. The van der Waals surface area contributed by atoms with Crippen molar-refractivity contribution < 1.29 is 9.00 Å². The average Bonchev–Trinajstić information content (AvgIpc) is 2.29. The number of nitrogens with one attached hydrogen (secondary N) is 1. The van der Waals surface area contributed by atoms with Crippen LogP contribution in [0, 0.1) is 0 Å². The quantitative estimate of drug-likeness (QED) is 0.766. The molecule has 100 valence electrons. The number of carbonyl (C=O) groups excluding carboxylic acids is 1. The van der Waals surface area contributed by atoms with E-state index in [2.05, 4.69) is 19.2 Å². The first-order valence-corrected chi connectivity index (χ1v) is 7.93. The molecule has 0 spiro atoms. The largest absolute Gasteiger partial charge is 0.340 e. The highest BCUT2D eigenvalue weighted by Gasteiger charge is 2.28. The van der Waals surface area contributed by atoms with Gasteiger partial charge in [0.25, 0.3) is 0 Å². The van der Waals surface area contributed by atoms with Crippen LogP contribution >= 0.6 is 0 Å². The van der Waals surface area contributed by atoms with E-state index in [0.29, 0.717) is 24.1 Å². The summed E-state index contributed by atoms with van der Waals surface area (Å²) in [6.07, 6.45) is 1.96. The lowest BCUT2D eigenvalue weighted by Crippen LogP contribution is -2.53.